The Morgan fingerprint density at radius 1 is 1.17 bits per heavy atom. The van der Waals surface area contributed by atoms with Crippen molar-refractivity contribution in [1.29, 1.82) is 0 Å². The Balaban J connectivity index is 1.29. The van der Waals surface area contributed by atoms with Gasteiger partial charge in [-0.25, -0.2) is 15.0 Å². The van der Waals surface area contributed by atoms with Gasteiger partial charge in [0.25, 0.3) is 0 Å². The van der Waals surface area contributed by atoms with E-state index in [1.165, 1.54) is 18.6 Å². The van der Waals surface area contributed by atoms with Crippen molar-refractivity contribution in [2.24, 2.45) is 0 Å². The lowest BCUT2D eigenvalue weighted by Gasteiger charge is -2.19. The molecule has 2 aromatic carbocycles. The molecule has 35 heavy (non-hydrogen) atoms. The van der Waals surface area contributed by atoms with Crippen LogP contribution in [0.2, 0.25) is 5.02 Å². The maximum Gasteiger partial charge on any atom is 0.247 e. The summed E-state index contributed by atoms with van der Waals surface area (Å²) >= 11 is 6.24. The topological polar surface area (TPSA) is 105 Å². The average Bonchev–Trinajstić information content (AvgIpc) is 3.34. The van der Waals surface area contributed by atoms with E-state index in [9.17, 15) is 4.79 Å². The van der Waals surface area contributed by atoms with Crippen LogP contribution in [0.1, 0.15) is 6.42 Å². The van der Waals surface area contributed by atoms with Crippen molar-refractivity contribution in [3.05, 3.63) is 78.7 Å². The number of nitrogens with one attached hydrogen (secondary N) is 2. The van der Waals surface area contributed by atoms with Crippen molar-refractivity contribution in [1.82, 2.24) is 19.9 Å². The summed E-state index contributed by atoms with van der Waals surface area (Å²) in [5.41, 5.74) is 1.40. The van der Waals surface area contributed by atoms with Crippen LogP contribution in [0, 0.1) is 0 Å². The van der Waals surface area contributed by atoms with Gasteiger partial charge in [-0.1, -0.05) is 36.4 Å². The molecule has 0 saturated carbocycles. The monoisotopic (exact) mass is 487 g/mol. The van der Waals surface area contributed by atoms with Gasteiger partial charge < -0.3 is 20.3 Å². The van der Waals surface area contributed by atoms with Gasteiger partial charge in [0, 0.05) is 30.2 Å². The molecule has 0 aliphatic carbocycles. The van der Waals surface area contributed by atoms with Crippen LogP contribution in [-0.2, 0) is 4.79 Å². The Morgan fingerprint density at radius 2 is 2.03 bits per heavy atom. The molecule has 5 rings (SSSR count). The zero-order valence-electron chi connectivity index (χ0n) is 18.7. The number of fused-ring (bicyclic) bond motifs is 1. The van der Waals surface area contributed by atoms with E-state index in [1.54, 1.807) is 0 Å². The molecule has 1 saturated heterocycles. The number of carbonyl (C=O) groups is 1. The molecule has 1 fully saturated rings. The third kappa shape index (κ3) is 5.15. The molecule has 0 spiro atoms. The zero-order valence-corrected chi connectivity index (χ0v) is 19.4. The number of amides is 1. The number of benzene rings is 2. The van der Waals surface area contributed by atoms with Crippen molar-refractivity contribution in [3.63, 3.8) is 0 Å². The highest BCUT2D eigenvalue weighted by molar-refractivity contribution is 6.31. The molecule has 0 unspecified atom stereocenters. The number of rotatable bonds is 7. The number of para-hydroxylation sites is 1. The lowest BCUT2D eigenvalue weighted by Crippen LogP contribution is -2.27. The van der Waals surface area contributed by atoms with E-state index in [0.717, 1.165) is 29.7 Å². The van der Waals surface area contributed by atoms with Gasteiger partial charge in [0.05, 0.1) is 11.7 Å². The molecule has 1 aliphatic heterocycles. The first-order valence-corrected chi connectivity index (χ1v) is 11.4. The predicted octanol–water partition coefficient (Wildman–Crippen LogP) is 4.68. The smallest absolute Gasteiger partial charge is 0.247 e. The normalized spacial score (nSPS) is 15.1. The van der Waals surface area contributed by atoms with E-state index in [0.29, 0.717) is 34.8 Å². The fourth-order valence-corrected chi connectivity index (χ4v) is 4.04. The van der Waals surface area contributed by atoms with Crippen molar-refractivity contribution in [2.75, 3.05) is 28.6 Å². The third-order valence-electron chi connectivity index (χ3n) is 5.56. The van der Waals surface area contributed by atoms with Gasteiger partial charge in [-0.2, -0.15) is 4.98 Å². The molecular formula is C25H22ClN7O2. The minimum absolute atomic E-state index is 0.108. The molecule has 2 N–H and O–H groups in total. The first-order valence-electron chi connectivity index (χ1n) is 11.0. The SMILES string of the molecule is C=CC(=O)Nc1ccc2c(N3CC[C@@H](Nc4ncc(Cl)c(Oc5ccccc5)n4)C3)ncnc2c1. The first kappa shape index (κ1) is 22.5. The number of anilines is 3. The summed E-state index contributed by atoms with van der Waals surface area (Å²) in [5.74, 6) is 1.96. The summed E-state index contributed by atoms with van der Waals surface area (Å²) in [6.45, 7) is 4.99. The van der Waals surface area contributed by atoms with Crippen LogP contribution < -0.4 is 20.3 Å². The van der Waals surface area contributed by atoms with Crippen LogP contribution in [-0.4, -0.2) is 45.0 Å². The molecule has 0 bridgehead atoms. The minimum Gasteiger partial charge on any atom is -0.437 e. The third-order valence-corrected chi connectivity index (χ3v) is 5.82. The van der Waals surface area contributed by atoms with Crippen molar-refractivity contribution in [3.8, 4) is 11.6 Å². The first-order chi connectivity index (χ1) is 17.1. The highest BCUT2D eigenvalue weighted by Crippen LogP contribution is 2.30. The van der Waals surface area contributed by atoms with E-state index >= 15 is 0 Å². The number of nitrogens with zero attached hydrogens (tertiary/aromatic N) is 5. The van der Waals surface area contributed by atoms with E-state index in [4.69, 9.17) is 16.3 Å². The summed E-state index contributed by atoms with van der Waals surface area (Å²) in [6.07, 6.45) is 5.17. The van der Waals surface area contributed by atoms with Gasteiger partial charge in [-0.15, -0.1) is 0 Å². The fraction of sp³-hybridized carbons (Fsp3) is 0.160. The molecule has 1 aliphatic rings. The molecular weight excluding hydrogens is 466 g/mol. The Kier molecular flexibility index (Phi) is 6.40. The number of carbonyl (C=O) groups excluding carboxylic acids is 1. The van der Waals surface area contributed by atoms with E-state index < -0.39 is 0 Å². The largest absolute Gasteiger partial charge is 0.437 e. The second-order valence-electron chi connectivity index (χ2n) is 7.96. The Labute approximate surface area is 206 Å². The second kappa shape index (κ2) is 9.94. The number of aromatic nitrogens is 4. The summed E-state index contributed by atoms with van der Waals surface area (Å²) in [6, 6.07) is 15.0. The van der Waals surface area contributed by atoms with Crippen LogP contribution in [0.3, 0.4) is 0 Å². The standard InChI is InChI=1S/C25H22ClN7O2/c1-2-22(34)30-16-8-9-19-21(12-16)28-15-29-23(19)33-11-10-17(14-33)31-25-27-13-20(26)24(32-25)35-18-6-4-3-5-7-18/h2-9,12-13,15,17H,1,10-11,14H2,(H,30,34)(H,27,31,32)/t17-/m1/s1. The molecule has 1 atom stereocenters. The summed E-state index contributed by atoms with van der Waals surface area (Å²) < 4.78 is 5.81. The highest BCUT2D eigenvalue weighted by atomic mass is 35.5. The number of hydrogen-bond donors (Lipinski definition) is 2. The molecule has 176 valence electrons. The van der Waals surface area contributed by atoms with Gasteiger partial charge in [0.1, 0.15) is 22.9 Å². The molecule has 3 heterocycles. The lowest BCUT2D eigenvalue weighted by atomic mass is 10.2. The summed E-state index contributed by atoms with van der Waals surface area (Å²) in [4.78, 5) is 31.5. The lowest BCUT2D eigenvalue weighted by molar-refractivity contribution is -0.111. The number of ether oxygens (including phenoxy) is 1. The van der Waals surface area contributed by atoms with Gasteiger partial charge in [-0.05, 0) is 42.8 Å². The maximum absolute atomic E-state index is 11.6. The van der Waals surface area contributed by atoms with Gasteiger partial charge in [-0.3, -0.25) is 4.79 Å². The van der Waals surface area contributed by atoms with Crippen molar-refractivity contribution in [2.45, 2.75) is 12.5 Å². The minimum atomic E-state index is -0.270. The van der Waals surface area contributed by atoms with Gasteiger partial charge in [0.2, 0.25) is 17.7 Å². The Morgan fingerprint density at radius 3 is 2.86 bits per heavy atom. The zero-order chi connectivity index (χ0) is 24.2. The van der Waals surface area contributed by atoms with Gasteiger partial charge >= 0.3 is 0 Å². The molecule has 9 nitrogen and oxygen atoms in total. The van der Waals surface area contributed by atoms with Crippen LogP contribution in [0.4, 0.5) is 17.5 Å². The molecule has 4 aromatic rings. The Hall–Kier alpha value is -4.24. The number of halogens is 1. The average molecular weight is 488 g/mol. The summed E-state index contributed by atoms with van der Waals surface area (Å²) in [5, 5.41) is 7.38. The molecule has 0 radical (unpaired) electrons. The maximum atomic E-state index is 11.6. The molecule has 2 aromatic heterocycles. The second-order valence-corrected chi connectivity index (χ2v) is 8.37. The van der Waals surface area contributed by atoms with Gasteiger partial charge in [0.15, 0.2) is 0 Å². The van der Waals surface area contributed by atoms with Crippen LogP contribution in [0.25, 0.3) is 10.9 Å². The fourth-order valence-electron chi connectivity index (χ4n) is 3.91. The molecule has 10 heteroatoms. The van der Waals surface area contributed by atoms with E-state index in [-0.39, 0.29) is 11.9 Å². The highest BCUT2D eigenvalue weighted by Gasteiger charge is 2.26. The van der Waals surface area contributed by atoms with E-state index in [2.05, 4.69) is 42.0 Å². The van der Waals surface area contributed by atoms with Crippen molar-refractivity contribution >= 4 is 45.9 Å². The van der Waals surface area contributed by atoms with E-state index in [1.807, 2.05) is 48.5 Å². The van der Waals surface area contributed by atoms with Crippen LogP contribution in [0.15, 0.2) is 73.7 Å². The molecule has 1 amide bonds. The van der Waals surface area contributed by atoms with Crippen LogP contribution in [0.5, 0.6) is 11.6 Å². The predicted molar refractivity (Wildman–Crippen MR) is 136 cm³/mol. The quantitative estimate of drug-likeness (QED) is 0.362. The number of hydrogen-bond acceptors (Lipinski definition) is 8. The van der Waals surface area contributed by atoms with Crippen LogP contribution >= 0.6 is 11.6 Å². The Bertz CT molecular complexity index is 1380. The summed E-state index contributed by atoms with van der Waals surface area (Å²) in [7, 11) is 0. The van der Waals surface area contributed by atoms with Crippen molar-refractivity contribution < 1.29 is 9.53 Å².